The van der Waals surface area contributed by atoms with Crippen LogP contribution in [0.4, 0.5) is 23.2 Å². The maximum absolute atomic E-state index is 13.5. The van der Waals surface area contributed by atoms with Crippen LogP contribution in [-0.2, 0) is 27.5 Å². The van der Waals surface area contributed by atoms with Crippen molar-refractivity contribution in [3.8, 4) is 0 Å². The number of carbonyl (C=O) groups is 1. The molecule has 0 aliphatic carbocycles. The summed E-state index contributed by atoms with van der Waals surface area (Å²) in [6, 6.07) is 9.97. The molecule has 0 aliphatic heterocycles. The van der Waals surface area contributed by atoms with E-state index < -0.39 is 39.5 Å². The van der Waals surface area contributed by atoms with Gasteiger partial charge in [-0.1, -0.05) is 30.3 Å². The Morgan fingerprint density at radius 1 is 1.16 bits per heavy atom. The number of para-hydroxylation sites is 1. The van der Waals surface area contributed by atoms with Gasteiger partial charge in [-0.3, -0.25) is 9.00 Å². The van der Waals surface area contributed by atoms with Crippen LogP contribution in [0.25, 0.3) is 0 Å². The standard InChI is InChI=1S/C17H15F4NO2S/c1-11(16(23)22-15-8-3-2-7-14(15)18)25(24)10-12-5-4-6-13(9-12)17(19,20)21/h2-9,11H,10H2,1H3,(H,22,23). The molecule has 0 bridgehead atoms. The van der Waals surface area contributed by atoms with Gasteiger partial charge in [0.25, 0.3) is 0 Å². The van der Waals surface area contributed by atoms with Crippen LogP contribution in [0.3, 0.4) is 0 Å². The second kappa shape index (κ2) is 7.77. The first kappa shape index (κ1) is 19.1. The second-order valence-electron chi connectivity index (χ2n) is 5.33. The quantitative estimate of drug-likeness (QED) is 0.802. The molecule has 1 N–H and O–H groups in total. The van der Waals surface area contributed by atoms with Gasteiger partial charge in [-0.15, -0.1) is 0 Å². The summed E-state index contributed by atoms with van der Waals surface area (Å²) in [5, 5.41) is 1.31. The molecule has 0 spiro atoms. The van der Waals surface area contributed by atoms with Gasteiger partial charge in [0, 0.05) is 16.6 Å². The van der Waals surface area contributed by atoms with Crippen LogP contribution in [0.15, 0.2) is 48.5 Å². The van der Waals surface area contributed by atoms with Crippen molar-refractivity contribution >= 4 is 22.4 Å². The van der Waals surface area contributed by atoms with Gasteiger partial charge < -0.3 is 5.32 Å². The third-order valence-electron chi connectivity index (χ3n) is 3.46. The molecule has 0 saturated heterocycles. The van der Waals surface area contributed by atoms with Gasteiger partial charge >= 0.3 is 6.18 Å². The highest BCUT2D eigenvalue weighted by atomic mass is 32.2. The lowest BCUT2D eigenvalue weighted by Gasteiger charge is -2.13. The lowest BCUT2D eigenvalue weighted by Crippen LogP contribution is -2.30. The number of benzene rings is 2. The first-order valence-corrected chi connectivity index (χ1v) is 8.65. The van der Waals surface area contributed by atoms with Crippen molar-refractivity contribution in [2.24, 2.45) is 0 Å². The Morgan fingerprint density at radius 3 is 2.48 bits per heavy atom. The number of amides is 1. The van der Waals surface area contributed by atoms with E-state index in [-0.39, 0.29) is 17.0 Å². The Morgan fingerprint density at radius 2 is 1.84 bits per heavy atom. The maximum atomic E-state index is 13.5. The Labute approximate surface area is 144 Å². The predicted molar refractivity (Wildman–Crippen MR) is 87.8 cm³/mol. The van der Waals surface area contributed by atoms with Crippen molar-refractivity contribution in [1.82, 2.24) is 0 Å². The summed E-state index contributed by atoms with van der Waals surface area (Å²) in [5.41, 5.74) is -0.681. The minimum absolute atomic E-state index is 0.0459. The SMILES string of the molecule is CC(C(=O)Nc1ccccc1F)S(=O)Cc1cccc(C(F)(F)F)c1. The molecule has 1 amide bonds. The third kappa shape index (κ3) is 5.12. The zero-order valence-electron chi connectivity index (χ0n) is 13.1. The predicted octanol–water partition coefficient (Wildman–Crippen LogP) is 4.12. The molecule has 0 aromatic heterocycles. The van der Waals surface area contributed by atoms with E-state index in [4.69, 9.17) is 0 Å². The number of hydrogen-bond donors (Lipinski definition) is 1. The third-order valence-corrected chi connectivity index (χ3v) is 5.08. The van der Waals surface area contributed by atoms with Crippen molar-refractivity contribution in [2.75, 3.05) is 5.32 Å². The van der Waals surface area contributed by atoms with Crippen LogP contribution in [0.1, 0.15) is 18.1 Å². The molecular formula is C17H15F4NO2S. The lowest BCUT2D eigenvalue weighted by atomic mass is 10.1. The number of rotatable bonds is 5. The van der Waals surface area contributed by atoms with Gasteiger partial charge in [0.05, 0.1) is 11.3 Å². The number of halogens is 4. The zero-order chi connectivity index (χ0) is 18.6. The highest BCUT2D eigenvalue weighted by molar-refractivity contribution is 7.85. The Hall–Kier alpha value is -2.22. The van der Waals surface area contributed by atoms with E-state index in [9.17, 15) is 26.6 Å². The van der Waals surface area contributed by atoms with Gasteiger partial charge in [-0.05, 0) is 30.7 Å². The molecule has 8 heteroatoms. The second-order valence-corrected chi connectivity index (χ2v) is 7.09. The molecule has 0 heterocycles. The van der Waals surface area contributed by atoms with Gasteiger partial charge in [-0.2, -0.15) is 13.2 Å². The molecule has 2 aromatic carbocycles. The molecule has 0 aliphatic rings. The Balaban J connectivity index is 2.05. The van der Waals surface area contributed by atoms with E-state index in [0.29, 0.717) is 0 Å². The van der Waals surface area contributed by atoms with Crippen molar-refractivity contribution in [3.05, 3.63) is 65.5 Å². The minimum atomic E-state index is -4.49. The monoisotopic (exact) mass is 373 g/mol. The van der Waals surface area contributed by atoms with Crippen LogP contribution < -0.4 is 5.32 Å². The molecule has 25 heavy (non-hydrogen) atoms. The number of alkyl halides is 3. The molecule has 0 fully saturated rings. The van der Waals surface area contributed by atoms with Crippen molar-refractivity contribution in [1.29, 1.82) is 0 Å². The van der Waals surface area contributed by atoms with E-state index in [1.54, 1.807) is 0 Å². The molecule has 2 atom stereocenters. The summed E-state index contributed by atoms with van der Waals surface area (Å²) < 4.78 is 63.9. The maximum Gasteiger partial charge on any atom is 0.416 e. The van der Waals surface area contributed by atoms with E-state index in [1.165, 1.54) is 43.3 Å². The smallest absolute Gasteiger partial charge is 0.323 e. The highest BCUT2D eigenvalue weighted by Crippen LogP contribution is 2.29. The largest absolute Gasteiger partial charge is 0.416 e. The highest BCUT2D eigenvalue weighted by Gasteiger charge is 2.30. The molecule has 134 valence electrons. The number of anilines is 1. The molecule has 0 radical (unpaired) electrons. The Kier molecular flexibility index (Phi) is 5.94. The first-order valence-electron chi connectivity index (χ1n) is 7.27. The van der Waals surface area contributed by atoms with E-state index >= 15 is 0 Å². The topological polar surface area (TPSA) is 46.2 Å². The molecule has 2 unspecified atom stereocenters. The summed E-state index contributed by atoms with van der Waals surface area (Å²) in [7, 11) is -1.76. The average Bonchev–Trinajstić information content (AvgIpc) is 2.55. The number of nitrogens with one attached hydrogen (secondary N) is 1. The Bertz CT molecular complexity index is 792. The molecule has 2 rings (SSSR count). The van der Waals surface area contributed by atoms with Crippen LogP contribution >= 0.6 is 0 Å². The van der Waals surface area contributed by atoms with Crippen LogP contribution in [0.2, 0.25) is 0 Å². The zero-order valence-corrected chi connectivity index (χ0v) is 14.0. The summed E-state index contributed by atoms with van der Waals surface area (Å²) in [5.74, 6) is -1.52. The van der Waals surface area contributed by atoms with Crippen molar-refractivity contribution < 1.29 is 26.6 Å². The van der Waals surface area contributed by atoms with Crippen LogP contribution in [0, 0.1) is 5.82 Å². The molecule has 0 saturated carbocycles. The summed E-state index contributed by atoms with van der Waals surface area (Å²) >= 11 is 0. The van der Waals surface area contributed by atoms with E-state index in [2.05, 4.69) is 5.32 Å². The van der Waals surface area contributed by atoms with Gasteiger partial charge in [-0.25, -0.2) is 4.39 Å². The molecule has 3 nitrogen and oxygen atoms in total. The summed E-state index contributed by atoms with van der Waals surface area (Å²) in [6.07, 6.45) is -4.49. The van der Waals surface area contributed by atoms with Crippen LogP contribution in [0.5, 0.6) is 0 Å². The fraction of sp³-hybridized carbons (Fsp3) is 0.235. The van der Waals surface area contributed by atoms with E-state index in [0.717, 1.165) is 12.1 Å². The average molecular weight is 373 g/mol. The van der Waals surface area contributed by atoms with Crippen molar-refractivity contribution in [2.45, 2.75) is 24.1 Å². The van der Waals surface area contributed by atoms with Crippen molar-refractivity contribution in [3.63, 3.8) is 0 Å². The fourth-order valence-corrected chi connectivity index (χ4v) is 3.10. The van der Waals surface area contributed by atoms with Gasteiger partial charge in [0.2, 0.25) is 5.91 Å². The van der Waals surface area contributed by atoms with Crippen LogP contribution in [-0.4, -0.2) is 15.4 Å². The van der Waals surface area contributed by atoms with E-state index in [1.807, 2.05) is 0 Å². The number of carbonyl (C=O) groups excluding carboxylic acids is 1. The number of hydrogen-bond acceptors (Lipinski definition) is 2. The van der Waals surface area contributed by atoms with Gasteiger partial charge in [0.15, 0.2) is 0 Å². The molecular weight excluding hydrogens is 358 g/mol. The minimum Gasteiger partial charge on any atom is -0.323 e. The summed E-state index contributed by atoms with van der Waals surface area (Å²) in [4.78, 5) is 12.1. The normalized spacial score (nSPS) is 14.0. The fourth-order valence-electron chi connectivity index (χ4n) is 2.04. The van der Waals surface area contributed by atoms with Gasteiger partial charge in [0.1, 0.15) is 11.1 Å². The lowest BCUT2D eigenvalue weighted by molar-refractivity contribution is -0.137. The summed E-state index contributed by atoms with van der Waals surface area (Å²) in [6.45, 7) is 1.37. The molecule has 2 aromatic rings. The first-order chi connectivity index (χ1) is 11.7.